The standard InChI is InChI=1S/C18H25N3O2/c1-6-17(18-12(3)21-23-13(18)4)19-11(2)15-8-7-9-16(10-15)20-14(5)22/h7-11,17,19H,6H2,1-5H3,(H,20,22)/t11-,17+/m1/s1. The van der Waals surface area contributed by atoms with E-state index >= 15 is 0 Å². The van der Waals surface area contributed by atoms with Gasteiger partial charge >= 0.3 is 0 Å². The first kappa shape index (κ1) is 17.2. The third-order valence-electron chi connectivity index (χ3n) is 4.00. The Morgan fingerprint density at radius 1 is 1.35 bits per heavy atom. The van der Waals surface area contributed by atoms with E-state index < -0.39 is 0 Å². The van der Waals surface area contributed by atoms with Crippen LogP contribution in [0.4, 0.5) is 5.69 Å². The van der Waals surface area contributed by atoms with Gasteiger partial charge in [-0.25, -0.2) is 0 Å². The average molecular weight is 315 g/mol. The summed E-state index contributed by atoms with van der Waals surface area (Å²) in [5.74, 6) is 0.797. The van der Waals surface area contributed by atoms with Gasteiger partial charge in [-0.2, -0.15) is 0 Å². The quantitative estimate of drug-likeness (QED) is 0.844. The van der Waals surface area contributed by atoms with Gasteiger partial charge in [0, 0.05) is 30.3 Å². The summed E-state index contributed by atoms with van der Waals surface area (Å²) in [6.07, 6.45) is 0.943. The summed E-state index contributed by atoms with van der Waals surface area (Å²) < 4.78 is 5.29. The van der Waals surface area contributed by atoms with Crippen LogP contribution in [0, 0.1) is 13.8 Å². The molecule has 0 aliphatic rings. The maximum absolute atomic E-state index is 11.2. The summed E-state index contributed by atoms with van der Waals surface area (Å²) in [6.45, 7) is 9.69. The van der Waals surface area contributed by atoms with E-state index in [1.807, 2.05) is 32.0 Å². The summed E-state index contributed by atoms with van der Waals surface area (Å²) >= 11 is 0. The molecule has 5 nitrogen and oxygen atoms in total. The number of nitrogens with one attached hydrogen (secondary N) is 2. The summed E-state index contributed by atoms with van der Waals surface area (Å²) in [6, 6.07) is 8.23. The molecule has 124 valence electrons. The number of nitrogens with zero attached hydrogens (tertiary/aromatic N) is 1. The molecule has 1 heterocycles. The summed E-state index contributed by atoms with van der Waals surface area (Å²) in [5.41, 5.74) is 4.01. The van der Waals surface area contributed by atoms with Crippen molar-refractivity contribution >= 4 is 11.6 Å². The topological polar surface area (TPSA) is 67.2 Å². The highest BCUT2D eigenvalue weighted by Gasteiger charge is 2.21. The van der Waals surface area contributed by atoms with Crippen molar-refractivity contribution in [1.82, 2.24) is 10.5 Å². The largest absolute Gasteiger partial charge is 0.361 e. The molecule has 2 aromatic rings. The van der Waals surface area contributed by atoms with Gasteiger partial charge in [0.25, 0.3) is 0 Å². The Bertz CT molecular complexity index is 659. The molecule has 0 aliphatic heterocycles. The van der Waals surface area contributed by atoms with Crippen molar-refractivity contribution in [2.45, 2.75) is 53.1 Å². The number of amides is 1. The van der Waals surface area contributed by atoms with Crippen LogP contribution in [0.1, 0.15) is 61.9 Å². The van der Waals surface area contributed by atoms with Gasteiger partial charge in [0.2, 0.25) is 5.91 Å². The number of hydrogen-bond donors (Lipinski definition) is 2. The van der Waals surface area contributed by atoms with Crippen molar-refractivity contribution in [2.24, 2.45) is 0 Å². The lowest BCUT2D eigenvalue weighted by Crippen LogP contribution is -2.25. The molecule has 2 rings (SSSR count). The van der Waals surface area contributed by atoms with Gasteiger partial charge in [-0.15, -0.1) is 0 Å². The van der Waals surface area contributed by atoms with Crippen LogP contribution in [-0.2, 0) is 4.79 Å². The predicted octanol–water partition coefficient (Wildman–Crippen LogP) is 4.05. The monoisotopic (exact) mass is 315 g/mol. The lowest BCUT2D eigenvalue weighted by atomic mass is 10.00. The van der Waals surface area contributed by atoms with E-state index in [0.29, 0.717) is 0 Å². The van der Waals surface area contributed by atoms with Crippen molar-refractivity contribution in [2.75, 3.05) is 5.32 Å². The van der Waals surface area contributed by atoms with E-state index in [2.05, 4.69) is 35.7 Å². The highest BCUT2D eigenvalue weighted by molar-refractivity contribution is 5.88. The summed E-state index contributed by atoms with van der Waals surface area (Å²) in [4.78, 5) is 11.2. The van der Waals surface area contributed by atoms with E-state index in [4.69, 9.17) is 4.52 Å². The zero-order chi connectivity index (χ0) is 17.0. The molecule has 0 unspecified atom stereocenters. The van der Waals surface area contributed by atoms with Crippen LogP contribution in [0.3, 0.4) is 0 Å². The predicted molar refractivity (Wildman–Crippen MR) is 91.3 cm³/mol. The number of carbonyl (C=O) groups is 1. The van der Waals surface area contributed by atoms with E-state index in [9.17, 15) is 4.79 Å². The second-order valence-electron chi connectivity index (χ2n) is 5.89. The highest BCUT2D eigenvalue weighted by Crippen LogP contribution is 2.27. The smallest absolute Gasteiger partial charge is 0.221 e. The number of carbonyl (C=O) groups excluding carboxylic acids is 1. The Balaban J connectivity index is 2.17. The van der Waals surface area contributed by atoms with Crippen molar-refractivity contribution in [3.63, 3.8) is 0 Å². The van der Waals surface area contributed by atoms with E-state index in [-0.39, 0.29) is 18.0 Å². The molecule has 0 bridgehead atoms. The molecule has 0 radical (unpaired) electrons. The third-order valence-corrected chi connectivity index (χ3v) is 4.00. The van der Waals surface area contributed by atoms with Crippen LogP contribution in [0.15, 0.2) is 28.8 Å². The zero-order valence-corrected chi connectivity index (χ0v) is 14.4. The lowest BCUT2D eigenvalue weighted by molar-refractivity contribution is -0.114. The first-order valence-corrected chi connectivity index (χ1v) is 7.98. The Labute approximate surface area is 137 Å². The van der Waals surface area contributed by atoms with Gasteiger partial charge < -0.3 is 15.2 Å². The SMILES string of the molecule is CC[C@H](N[C@H](C)c1cccc(NC(C)=O)c1)c1c(C)noc1C. The summed E-state index contributed by atoms with van der Waals surface area (Å²) in [5, 5.41) is 10.5. The molecule has 5 heteroatoms. The first-order valence-electron chi connectivity index (χ1n) is 7.98. The van der Waals surface area contributed by atoms with Crippen LogP contribution in [0.2, 0.25) is 0 Å². The van der Waals surface area contributed by atoms with Gasteiger partial charge in [0.15, 0.2) is 0 Å². The molecule has 1 amide bonds. The molecule has 2 atom stereocenters. The van der Waals surface area contributed by atoms with Crippen LogP contribution < -0.4 is 10.6 Å². The number of rotatable bonds is 6. The Hall–Kier alpha value is -2.14. The lowest BCUT2D eigenvalue weighted by Gasteiger charge is -2.23. The van der Waals surface area contributed by atoms with Crippen LogP contribution in [-0.4, -0.2) is 11.1 Å². The Kier molecular flexibility index (Phi) is 5.55. The fraction of sp³-hybridized carbons (Fsp3) is 0.444. The molecular weight excluding hydrogens is 290 g/mol. The maximum atomic E-state index is 11.2. The molecule has 1 aromatic heterocycles. The molecule has 23 heavy (non-hydrogen) atoms. The molecule has 0 aliphatic carbocycles. The second-order valence-corrected chi connectivity index (χ2v) is 5.89. The number of hydrogen-bond acceptors (Lipinski definition) is 4. The molecule has 0 spiro atoms. The van der Waals surface area contributed by atoms with Crippen molar-refractivity contribution < 1.29 is 9.32 Å². The van der Waals surface area contributed by atoms with Gasteiger partial charge in [-0.05, 0) is 44.9 Å². The fourth-order valence-electron chi connectivity index (χ4n) is 2.88. The average Bonchev–Trinajstić information content (AvgIpc) is 2.83. The van der Waals surface area contributed by atoms with Crippen LogP contribution in [0.25, 0.3) is 0 Å². The minimum absolute atomic E-state index is 0.0649. The molecular formula is C18H25N3O2. The van der Waals surface area contributed by atoms with Crippen molar-refractivity contribution in [3.8, 4) is 0 Å². The van der Waals surface area contributed by atoms with Crippen LogP contribution in [0.5, 0.6) is 0 Å². The molecule has 0 saturated heterocycles. The Morgan fingerprint density at radius 2 is 2.09 bits per heavy atom. The second kappa shape index (κ2) is 7.42. The van der Waals surface area contributed by atoms with E-state index in [1.165, 1.54) is 6.92 Å². The van der Waals surface area contributed by atoms with Crippen molar-refractivity contribution in [1.29, 1.82) is 0 Å². The zero-order valence-electron chi connectivity index (χ0n) is 14.4. The normalized spacial score (nSPS) is 13.6. The first-order chi connectivity index (χ1) is 10.9. The molecule has 1 aromatic carbocycles. The van der Waals surface area contributed by atoms with E-state index in [0.717, 1.165) is 34.7 Å². The third kappa shape index (κ3) is 4.20. The number of anilines is 1. The number of benzene rings is 1. The van der Waals surface area contributed by atoms with Crippen molar-refractivity contribution in [3.05, 3.63) is 46.8 Å². The summed E-state index contributed by atoms with van der Waals surface area (Å²) in [7, 11) is 0. The number of aromatic nitrogens is 1. The highest BCUT2D eigenvalue weighted by atomic mass is 16.5. The Morgan fingerprint density at radius 3 is 2.65 bits per heavy atom. The van der Waals surface area contributed by atoms with Crippen LogP contribution >= 0.6 is 0 Å². The van der Waals surface area contributed by atoms with E-state index in [1.54, 1.807) is 0 Å². The fourth-order valence-corrected chi connectivity index (χ4v) is 2.88. The van der Waals surface area contributed by atoms with Gasteiger partial charge in [-0.3, -0.25) is 4.79 Å². The molecule has 2 N–H and O–H groups in total. The van der Waals surface area contributed by atoms with Gasteiger partial charge in [-0.1, -0.05) is 24.2 Å². The minimum Gasteiger partial charge on any atom is -0.361 e. The minimum atomic E-state index is -0.0649. The van der Waals surface area contributed by atoms with Gasteiger partial charge in [0.05, 0.1) is 5.69 Å². The maximum Gasteiger partial charge on any atom is 0.221 e. The number of aryl methyl sites for hydroxylation is 2. The van der Waals surface area contributed by atoms with Gasteiger partial charge in [0.1, 0.15) is 5.76 Å². The molecule has 0 saturated carbocycles. The molecule has 0 fully saturated rings.